The van der Waals surface area contributed by atoms with Gasteiger partial charge in [0.25, 0.3) is 0 Å². The van der Waals surface area contributed by atoms with E-state index in [-0.39, 0.29) is 13.2 Å². The van der Waals surface area contributed by atoms with Crippen molar-refractivity contribution in [3.63, 3.8) is 0 Å². The van der Waals surface area contributed by atoms with Crippen LogP contribution in [0.5, 0.6) is 23.0 Å². The van der Waals surface area contributed by atoms with E-state index in [0.717, 1.165) is 38.8 Å². The normalized spacial score (nSPS) is 9.22. The van der Waals surface area contributed by atoms with Crippen molar-refractivity contribution in [2.75, 3.05) is 84.3 Å². The third-order valence-electron chi connectivity index (χ3n) is 8.32. The Labute approximate surface area is 445 Å². The smallest absolute Gasteiger partial charge is 0.163 e. The Hall–Kier alpha value is -6.68. The highest BCUT2D eigenvalue weighted by Gasteiger charge is 2.15. The quantitative estimate of drug-likeness (QED) is 0.0489. The van der Waals surface area contributed by atoms with Gasteiger partial charge in [0.1, 0.15) is 50.7 Å². The SMILES string of the molecule is CC.CC.CC.CC.CC#Cc1cccc(Nc2ncnc3cc(OCCOC)c(OCCO)cc23)c1.CC#Cc1cccc(Nc2ncnc3cc(OCCOC)c(OCCOCC)cc23)c1.CCC.CCC. The minimum Gasteiger partial charge on any atom is -0.487 e. The summed E-state index contributed by atoms with van der Waals surface area (Å²) in [6, 6.07) is 23.0. The van der Waals surface area contributed by atoms with Gasteiger partial charge in [0.2, 0.25) is 0 Å². The van der Waals surface area contributed by atoms with Gasteiger partial charge < -0.3 is 48.9 Å². The predicted molar refractivity (Wildman–Crippen MR) is 310 cm³/mol. The van der Waals surface area contributed by atoms with Gasteiger partial charge in [-0.2, -0.15) is 0 Å². The van der Waals surface area contributed by atoms with Crippen molar-refractivity contribution in [3.05, 3.63) is 96.6 Å². The molecule has 0 bridgehead atoms. The highest BCUT2D eigenvalue weighted by molar-refractivity contribution is 5.94. The zero-order valence-corrected chi connectivity index (χ0v) is 48.0. The van der Waals surface area contributed by atoms with E-state index in [0.29, 0.717) is 86.4 Å². The monoisotopic (exact) mass is 1020 g/mol. The van der Waals surface area contributed by atoms with E-state index in [1.54, 1.807) is 27.2 Å². The summed E-state index contributed by atoms with van der Waals surface area (Å²) in [6.45, 7) is 33.4. The summed E-state index contributed by atoms with van der Waals surface area (Å²) in [5.74, 6) is 15.5. The number of aromatic nitrogens is 4. The summed E-state index contributed by atoms with van der Waals surface area (Å²) in [6.07, 6.45) is 5.52. The number of aliphatic hydroxyl groups is 1. The lowest BCUT2D eigenvalue weighted by atomic mass is 10.2. The maximum atomic E-state index is 9.13. The van der Waals surface area contributed by atoms with Gasteiger partial charge in [-0.25, -0.2) is 19.9 Å². The van der Waals surface area contributed by atoms with Crippen molar-refractivity contribution >= 4 is 44.8 Å². The van der Waals surface area contributed by atoms with Crippen LogP contribution >= 0.6 is 0 Å². The molecule has 408 valence electrons. The standard InChI is InChI=1S/C24H27N3O4.C22H23N3O4.2C3H8.4C2H6/c1-4-7-18-8-6-9-19(14-18)27-24-20-15-22(31-13-11-29-5-2)23(30-12-10-28-3)16-21(20)25-17-26-24;1-3-5-16-6-4-7-17(12-16)25-22-18-13-20(28-9-8-26)21(29-11-10-27-2)14-19(18)23-15-24-22;2*1-3-2;4*1-2/h6,8-9,14-17H,5,10-13H2,1-3H3,(H,25,26,27);4,6-7,12-15,26H,8-11H2,1-2H3,(H,23,24,25);2*3H2,1-2H3;4*1-2H3. The molecule has 74 heavy (non-hydrogen) atoms. The molecular weight excluding hydrogens is 933 g/mol. The molecule has 0 fully saturated rings. The second kappa shape index (κ2) is 47.3. The van der Waals surface area contributed by atoms with E-state index in [4.69, 9.17) is 38.3 Å². The van der Waals surface area contributed by atoms with Gasteiger partial charge in [0, 0.05) is 66.2 Å². The highest BCUT2D eigenvalue weighted by atomic mass is 16.6. The zero-order chi connectivity index (χ0) is 55.8. The molecular formula is C60H90N6O8. The van der Waals surface area contributed by atoms with Gasteiger partial charge in [0.05, 0.1) is 37.5 Å². The Bertz CT molecular complexity index is 2460. The molecule has 6 rings (SSSR count). The van der Waals surface area contributed by atoms with Crippen LogP contribution in [-0.4, -0.2) is 98.7 Å². The van der Waals surface area contributed by atoms with E-state index in [2.05, 4.69) is 81.9 Å². The summed E-state index contributed by atoms with van der Waals surface area (Å²) in [7, 11) is 3.24. The van der Waals surface area contributed by atoms with Crippen LogP contribution in [0.4, 0.5) is 23.0 Å². The maximum absolute atomic E-state index is 9.13. The van der Waals surface area contributed by atoms with Gasteiger partial charge in [-0.05, 0) is 69.3 Å². The summed E-state index contributed by atoms with van der Waals surface area (Å²) in [5.41, 5.74) is 5.04. The minimum absolute atomic E-state index is 0.1000. The number of nitrogens with zero attached hydrogens (tertiary/aromatic N) is 4. The molecule has 0 saturated carbocycles. The minimum atomic E-state index is -0.1000. The van der Waals surface area contributed by atoms with Gasteiger partial charge >= 0.3 is 0 Å². The molecule has 0 atom stereocenters. The van der Waals surface area contributed by atoms with E-state index >= 15 is 0 Å². The Balaban J connectivity index is 0. The topological polar surface area (TPSA) is 160 Å². The molecule has 0 unspecified atom stereocenters. The van der Waals surface area contributed by atoms with E-state index in [1.807, 2.05) is 136 Å². The van der Waals surface area contributed by atoms with Gasteiger partial charge in [0.15, 0.2) is 23.0 Å². The maximum Gasteiger partial charge on any atom is 0.163 e. The van der Waals surface area contributed by atoms with Crippen LogP contribution < -0.4 is 29.6 Å². The number of nitrogens with one attached hydrogen (secondary N) is 2. The number of hydrogen-bond acceptors (Lipinski definition) is 14. The van der Waals surface area contributed by atoms with Crippen LogP contribution in [0.2, 0.25) is 0 Å². The van der Waals surface area contributed by atoms with Crippen LogP contribution in [0.3, 0.4) is 0 Å². The van der Waals surface area contributed by atoms with Gasteiger partial charge in [-0.15, -0.1) is 11.8 Å². The second-order valence-corrected chi connectivity index (χ2v) is 14.0. The number of fused-ring (bicyclic) bond motifs is 2. The number of ether oxygens (including phenoxy) is 7. The number of aliphatic hydroxyl groups excluding tert-OH is 1. The van der Waals surface area contributed by atoms with Crippen LogP contribution in [0.1, 0.15) is 128 Å². The van der Waals surface area contributed by atoms with Crippen LogP contribution in [0.25, 0.3) is 21.8 Å². The largest absolute Gasteiger partial charge is 0.487 e. The lowest BCUT2D eigenvalue weighted by Crippen LogP contribution is -2.09. The van der Waals surface area contributed by atoms with Crippen molar-refractivity contribution in [1.29, 1.82) is 0 Å². The molecule has 0 radical (unpaired) electrons. The third-order valence-corrected chi connectivity index (χ3v) is 8.32. The summed E-state index contributed by atoms with van der Waals surface area (Å²) in [4.78, 5) is 17.6. The molecule has 14 nitrogen and oxygen atoms in total. The van der Waals surface area contributed by atoms with Crippen molar-refractivity contribution in [2.24, 2.45) is 0 Å². The average molecular weight is 1020 g/mol. The van der Waals surface area contributed by atoms with E-state index in [1.165, 1.54) is 25.5 Å². The Morgan fingerprint density at radius 3 is 1.19 bits per heavy atom. The molecule has 2 heterocycles. The molecule has 0 spiro atoms. The number of methoxy groups -OCH3 is 2. The number of hydrogen-bond donors (Lipinski definition) is 3. The van der Waals surface area contributed by atoms with Gasteiger partial charge in [-0.3, -0.25) is 0 Å². The Morgan fingerprint density at radius 1 is 0.473 bits per heavy atom. The van der Waals surface area contributed by atoms with E-state index in [9.17, 15) is 0 Å². The fraction of sp³-hybridized carbons (Fsp3) is 0.467. The van der Waals surface area contributed by atoms with Crippen LogP contribution in [0.15, 0.2) is 85.5 Å². The summed E-state index contributed by atoms with van der Waals surface area (Å²) in [5, 5.41) is 17.4. The molecule has 0 amide bonds. The highest BCUT2D eigenvalue weighted by Crippen LogP contribution is 2.36. The van der Waals surface area contributed by atoms with E-state index < -0.39 is 0 Å². The molecule has 0 saturated heterocycles. The molecule has 3 N–H and O–H groups in total. The number of anilines is 4. The van der Waals surface area contributed by atoms with Crippen molar-refractivity contribution in [1.82, 2.24) is 19.9 Å². The lowest BCUT2D eigenvalue weighted by Gasteiger charge is -2.15. The first-order chi connectivity index (χ1) is 36.3. The summed E-state index contributed by atoms with van der Waals surface area (Å²) >= 11 is 0. The zero-order valence-electron chi connectivity index (χ0n) is 48.0. The first-order valence-electron chi connectivity index (χ1n) is 26.2. The Morgan fingerprint density at radius 2 is 0.838 bits per heavy atom. The Kier molecular flexibility index (Phi) is 44.4. The molecule has 6 aromatic rings. The molecule has 14 heteroatoms. The lowest BCUT2D eigenvalue weighted by molar-refractivity contribution is 0.106. The van der Waals surface area contributed by atoms with Crippen molar-refractivity contribution < 1.29 is 38.3 Å². The van der Waals surface area contributed by atoms with Crippen LogP contribution in [-0.2, 0) is 14.2 Å². The van der Waals surface area contributed by atoms with Crippen LogP contribution in [0, 0.1) is 23.7 Å². The third kappa shape index (κ3) is 27.4. The summed E-state index contributed by atoms with van der Waals surface area (Å²) < 4.78 is 38.7. The second-order valence-electron chi connectivity index (χ2n) is 14.0. The molecule has 0 aliphatic rings. The van der Waals surface area contributed by atoms with Crippen molar-refractivity contribution in [3.8, 4) is 46.7 Å². The van der Waals surface area contributed by atoms with Gasteiger partial charge in [-0.1, -0.05) is 120 Å². The average Bonchev–Trinajstić information content (AvgIpc) is 3.43. The molecule has 2 aromatic heterocycles. The fourth-order valence-electron chi connectivity index (χ4n) is 5.67. The molecule has 4 aromatic carbocycles. The predicted octanol–water partition coefficient (Wildman–Crippen LogP) is 14.3. The first-order valence-corrected chi connectivity index (χ1v) is 26.2. The fourth-order valence-corrected chi connectivity index (χ4v) is 5.67. The number of benzene rings is 4. The molecule has 0 aliphatic carbocycles. The first kappa shape index (κ1) is 69.4. The molecule has 0 aliphatic heterocycles. The van der Waals surface area contributed by atoms with Crippen molar-refractivity contribution in [2.45, 2.75) is 117 Å². The number of rotatable bonds is 20.